The Bertz CT molecular complexity index is 673. The van der Waals surface area contributed by atoms with Crippen molar-refractivity contribution in [3.05, 3.63) is 34.1 Å². The van der Waals surface area contributed by atoms with Gasteiger partial charge in [0.15, 0.2) is 5.82 Å². The molecule has 1 aliphatic heterocycles. The molecule has 2 amide bonds. The van der Waals surface area contributed by atoms with Crippen LogP contribution in [0.3, 0.4) is 0 Å². The summed E-state index contributed by atoms with van der Waals surface area (Å²) in [5.41, 5.74) is 0.951. The molecule has 0 unspecified atom stereocenters. The molecule has 1 aromatic heterocycles. The number of urea groups is 1. The lowest BCUT2D eigenvalue weighted by molar-refractivity contribution is 0.199. The number of nitrogens with zero attached hydrogens (tertiary/aromatic N) is 3. The summed E-state index contributed by atoms with van der Waals surface area (Å²) in [4.78, 5) is 17.8. The second-order valence-electron chi connectivity index (χ2n) is 4.60. The van der Waals surface area contributed by atoms with Crippen LogP contribution in [0.25, 0.3) is 0 Å². The van der Waals surface area contributed by atoms with E-state index < -0.39 is 0 Å². The minimum absolute atomic E-state index is 0.0960. The molecule has 0 radical (unpaired) electrons. The highest BCUT2D eigenvalue weighted by Crippen LogP contribution is 2.27. The summed E-state index contributed by atoms with van der Waals surface area (Å²) in [5.74, 6) is 1.26. The molecule has 0 spiro atoms. The molecule has 0 aliphatic carbocycles. The van der Waals surface area contributed by atoms with Crippen molar-refractivity contribution in [2.75, 3.05) is 18.5 Å². The van der Waals surface area contributed by atoms with Crippen LogP contribution >= 0.6 is 15.9 Å². The van der Waals surface area contributed by atoms with Crippen LogP contribution in [0.4, 0.5) is 10.8 Å². The van der Waals surface area contributed by atoms with Gasteiger partial charge >= 0.3 is 12.0 Å². The molecule has 0 fully saturated rings. The van der Waals surface area contributed by atoms with E-state index >= 15 is 0 Å². The number of hydrogen-bond donors (Lipinski definition) is 1. The Labute approximate surface area is 129 Å². The van der Waals surface area contributed by atoms with Crippen LogP contribution < -0.4 is 10.1 Å². The van der Waals surface area contributed by atoms with Crippen LogP contribution in [0, 0.1) is 6.92 Å². The first-order valence-corrected chi connectivity index (χ1v) is 7.18. The van der Waals surface area contributed by atoms with Crippen LogP contribution in [-0.4, -0.2) is 34.2 Å². The number of amides is 2. The van der Waals surface area contributed by atoms with Gasteiger partial charge in [-0.05, 0) is 19.1 Å². The Morgan fingerprint density at radius 2 is 2.33 bits per heavy atom. The molecule has 1 aromatic carbocycles. The van der Waals surface area contributed by atoms with Crippen molar-refractivity contribution in [2.45, 2.75) is 13.5 Å². The number of anilines is 1. The highest BCUT2D eigenvalue weighted by atomic mass is 79.9. The van der Waals surface area contributed by atoms with E-state index in [1.807, 2.05) is 18.2 Å². The van der Waals surface area contributed by atoms with Crippen molar-refractivity contribution < 1.29 is 14.1 Å². The molecule has 1 N–H and O–H groups in total. The fourth-order valence-electron chi connectivity index (χ4n) is 2.04. The molecule has 3 rings (SSSR count). The van der Waals surface area contributed by atoms with Crippen LogP contribution in [0.5, 0.6) is 5.75 Å². The maximum Gasteiger partial charge on any atom is 0.329 e. The van der Waals surface area contributed by atoms with Gasteiger partial charge in [-0.3, -0.25) is 5.32 Å². The van der Waals surface area contributed by atoms with Gasteiger partial charge in [-0.1, -0.05) is 27.2 Å². The average Bonchev–Trinajstić information content (AvgIpc) is 2.73. The Hall–Kier alpha value is -2.09. The molecule has 8 heteroatoms. The topological polar surface area (TPSA) is 80.5 Å². The number of halogens is 1. The number of hydrogen-bond acceptors (Lipinski definition) is 5. The first-order valence-electron chi connectivity index (χ1n) is 6.39. The van der Waals surface area contributed by atoms with E-state index in [1.54, 1.807) is 11.8 Å². The Kier molecular flexibility index (Phi) is 3.78. The van der Waals surface area contributed by atoms with Crippen molar-refractivity contribution in [2.24, 2.45) is 0 Å². The smallest absolute Gasteiger partial charge is 0.329 e. The van der Waals surface area contributed by atoms with E-state index in [9.17, 15) is 4.79 Å². The van der Waals surface area contributed by atoms with E-state index in [4.69, 9.17) is 9.26 Å². The predicted molar refractivity (Wildman–Crippen MR) is 78.1 cm³/mol. The van der Waals surface area contributed by atoms with Gasteiger partial charge in [0.1, 0.15) is 12.4 Å². The van der Waals surface area contributed by atoms with Crippen LogP contribution in [0.1, 0.15) is 11.4 Å². The minimum atomic E-state index is -0.294. The number of carbonyl (C=O) groups excluding carboxylic acids is 1. The lowest BCUT2D eigenvalue weighted by Gasteiger charge is -2.18. The number of aryl methyl sites for hydroxylation is 1. The monoisotopic (exact) mass is 352 g/mol. The molecule has 1 aliphatic rings. The zero-order chi connectivity index (χ0) is 14.8. The van der Waals surface area contributed by atoms with Gasteiger partial charge in [0.2, 0.25) is 0 Å². The first-order chi connectivity index (χ1) is 10.1. The SMILES string of the molecule is Cc1noc(NC(=O)N2CCOc3cc(Br)ccc3C2)n1. The third kappa shape index (κ3) is 3.15. The van der Waals surface area contributed by atoms with Gasteiger partial charge in [0.25, 0.3) is 0 Å². The molecule has 21 heavy (non-hydrogen) atoms. The summed E-state index contributed by atoms with van der Waals surface area (Å²) in [6.45, 7) is 3.06. The summed E-state index contributed by atoms with van der Waals surface area (Å²) in [6, 6.07) is 5.56. The van der Waals surface area contributed by atoms with Crippen LogP contribution in [0.2, 0.25) is 0 Å². The van der Waals surface area contributed by atoms with Gasteiger partial charge < -0.3 is 14.2 Å². The maximum absolute atomic E-state index is 12.2. The quantitative estimate of drug-likeness (QED) is 0.852. The lowest BCUT2D eigenvalue weighted by atomic mass is 10.2. The third-order valence-electron chi connectivity index (χ3n) is 3.04. The number of aromatic nitrogens is 2. The summed E-state index contributed by atoms with van der Waals surface area (Å²) < 4.78 is 11.5. The summed E-state index contributed by atoms with van der Waals surface area (Å²) >= 11 is 3.41. The van der Waals surface area contributed by atoms with Gasteiger partial charge in [0, 0.05) is 10.0 Å². The lowest BCUT2D eigenvalue weighted by Crippen LogP contribution is -2.36. The van der Waals surface area contributed by atoms with Crippen molar-refractivity contribution in [3.8, 4) is 5.75 Å². The summed E-state index contributed by atoms with van der Waals surface area (Å²) in [6.07, 6.45) is 0. The standard InChI is InChI=1S/C13H13BrN4O3/c1-8-15-12(21-17-8)16-13(19)18-4-5-20-11-6-10(14)3-2-9(11)7-18/h2-3,6H,4-5,7H2,1H3,(H,15,16,17,19). The molecule has 0 atom stereocenters. The summed E-state index contributed by atoms with van der Waals surface area (Å²) in [5, 5.41) is 6.21. The minimum Gasteiger partial charge on any atom is -0.491 e. The second-order valence-corrected chi connectivity index (χ2v) is 5.51. The van der Waals surface area contributed by atoms with E-state index in [0.717, 1.165) is 15.8 Å². The highest BCUT2D eigenvalue weighted by Gasteiger charge is 2.21. The van der Waals surface area contributed by atoms with Gasteiger partial charge in [-0.15, -0.1) is 0 Å². The molecule has 0 bridgehead atoms. The van der Waals surface area contributed by atoms with Crippen molar-refractivity contribution in [1.29, 1.82) is 0 Å². The van der Waals surface area contributed by atoms with Crippen LogP contribution in [0.15, 0.2) is 27.2 Å². The number of fused-ring (bicyclic) bond motifs is 1. The van der Waals surface area contributed by atoms with Gasteiger partial charge in [-0.2, -0.15) is 4.98 Å². The second kappa shape index (κ2) is 5.72. The zero-order valence-electron chi connectivity index (χ0n) is 11.3. The van der Waals surface area contributed by atoms with E-state index in [2.05, 4.69) is 31.4 Å². The number of nitrogens with one attached hydrogen (secondary N) is 1. The zero-order valence-corrected chi connectivity index (χ0v) is 12.9. The summed E-state index contributed by atoms with van der Waals surface area (Å²) in [7, 11) is 0. The highest BCUT2D eigenvalue weighted by molar-refractivity contribution is 9.10. The molecule has 0 saturated carbocycles. The molecular formula is C13H13BrN4O3. The number of benzene rings is 1. The van der Waals surface area contributed by atoms with Crippen LogP contribution in [-0.2, 0) is 6.54 Å². The third-order valence-corrected chi connectivity index (χ3v) is 3.53. The molecule has 0 saturated heterocycles. The average molecular weight is 353 g/mol. The molecule has 2 heterocycles. The van der Waals surface area contributed by atoms with Gasteiger partial charge in [0.05, 0.1) is 13.1 Å². The molecular weight excluding hydrogens is 340 g/mol. The first kappa shape index (κ1) is 13.9. The molecule has 7 nitrogen and oxygen atoms in total. The Balaban J connectivity index is 1.74. The number of rotatable bonds is 1. The number of ether oxygens (including phenoxy) is 1. The fourth-order valence-corrected chi connectivity index (χ4v) is 2.38. The normalized spacial score (nSPS) is 14.1. The number of carbonyl (C=O) groups is 1. The fraction of sp³-hybridized carbons (Fsp3) is 0.308. The molecule has 2 aromatic rings. The maximum atomic E-state index is 12.2. The Morgan fingerprint density at radius 1 is 1.48 bits per heavy atom. The molecule has 110 valence electrons. The van der Waals surface area contributed by atoms with E-state index in [-0.39, 0.29) is 12.0 Å². The van der Waals surface area contributed by atoms with E-state index in [1.165, 1.54) is 0 Å². The largest absolute Gasteiger partial charge is 0.491 e. The predicted octanol–water partition coefficient (Wildman–Crippen LogP) is 2.57. The van der Waals surface area contributed by atoms with Gasteiger partial charge in [-0.25, -0.2) is 4.79 Å². The van der Waals surface area contributed by atoms with Crippen molar-refractivity contribution in [1.82, 2.24) is 15.0 Å². The van der Waals surface area contributed by atoms with Crippen molar-refractivity contribution >= 4 is 28.0 Å². The van der Waals surface area contributed by atoms with E-state index in [0.29, 0.717) is 25.5 Å². The Morgan fingerprint density at radius 3 is 3.10 bits per heavy atom. The van der Waals surface area contributed by atoms with Crippen molar-refractivity contribution in [3.63, 3.8) is 0 Å².